The van der Waals surface area contributed by atoms with Crippen molar-refractivity contribution in [2.75, 3.05) is 0 Å². The fraction of sp³-hybridized carbons (Fsp3) is 0.333. The predicted octanol–water partition coefficient (Wildman–Crippen LogP) is 6.21. The number of rotatable bonds is 6. The average Bonchev–Trinajstić information content (AvgIpc) is 3.38. The normalized spacial score (nSPS) is 13.8. The zero-order valence-electron chi connectivity index (χ0n) is 16.4. The number of thiazole rings is 1. The summed E-state index contributed by atoms with van der Waals surface area (Å²) in [6.07, 6.45) is 6.98. The van der Waals surface area contributed by atoms with Gasteiger partial charge in [0.25, 0.3) is 0 Å². The Bertz CT molecular complexity index is 1030. The molecule has 1 aliphatic rings. The smallest absolute Gasteiger partial charge is 0.123 e. The lowest BCUT2D eigenvalue weighted by molar-refractivity contribution is 0.215. The highest BCUT2D eigenvalue weighted by Crippen LogP contribution is 2.38. The summed E-state index contributed by atoms with van der Waals surface area (Å²) in [4.78, 5) is 5.91. The zero-order valence-corrected chi connectivity index (χ0v) is 17.2. The molecule has 4 rings (SSSR count). The monoisotopic (exact) mass is 388 g/mol. The quantitative estimate of drug-likeness (QED) is 0.504. The van der Waals surface area contributed by atoms with Crippen molar-refractivity contribution in [3.8, 4) is 32.8 Å². The standard InChI is InChI=1S/C24H24N2OS/c1-3-16(2)27-22-11-10-19(14-18(22)12-13-25)24-26-15-23(28-24)21-9-5-7-17-6-4-8-20(17)21/h5,7,9-11,14-16H,3-4,6,8,12H2,1-2H3. The second kappa shape index (κ2) is 8.16. The molecule has 0 saturated carbocycles. The van der Waals surface area contributed by atoms with Gasteiger partial charge in [-0.2, -0.15) is 5.26 Å². The molecule has 1 aromatic heterocycles. The van der Waals surface area contributed by atoms with E-state index in [2.05, 4.69) is 50.2 Å². The fourth-order valence-corrected chi connectivity index (χ4v) is 4.70. The molecule has 28 heavy (non-hydrogen) atoms. The molecule has 0 aliphatic heterocycles. The second-order valence-corrected chi connectivity index (χ2v) is 8.35. The first-order valence-corrected chi connectivity index (χ1v) is 10.7. The van der Waals surface area contributed by atoms with Crippen LogP contribution in [0, 0.1) is 11.3 Å². The Morgan fingerprint density at radius 3 is 2.96 bits per heavy atom. The number of hydrogen-bond acceptors (Lipinski definition) is 4. The maximum atomic E-state index is 9.22. The summed E-state index contributed by atoms with van der Waals surface area (Å²) in [6, 6.07) is 15.0. The predicted molar refractivity (Wildman–Crippen MR) is 115 cm³/mol. The number of nitriles is 1. The molecule has 1 heterocycles. The van der Waals surface area contributed by atoms with Crippen molar-refractivity contribution >= 4 is 11.3 Å². The van der Waals surface area contributed by atoms with E-state index in [1.54, 1.807) is 11.3 Å². The molecule has 0 radical (unpaired) electrons. The molecule has 0 fully saturated rings. The summed E-state index contributed by atoms with van der Waals surface area (Å²) in [6.45, 7) is 4.15. The maximum Gasteiger partial charge on any atom is 0.123 e. The highest BCUT2D eigenvalue weighted by molar-refractivity contribution is 7.18. The summed E-state index contributed by atoms with van der Waals surface area (Å²) < 4.78 is 5.99. The largest absolute Gasteiger partial charge is 0.490 e. The first-order chi connectivity index (χ1) is 13.7. The number of aryl methyl sites for hydroxylation is 1. The van der Waals surface area contributed by atoms with Crippen molar-refractivity contribution in [2.24, 2.45) is 0 Å². The Morgan fingerprint density at radius 1 is 1.25 bits per heavy atom. The van der Waals surface area contributed by atoms with Gasteiger partial charge in [0, 0.05) is 17.3 Å². The minimum Gasteiger partial charge on any atom is -0.490 e. The van der Waals surface area contributed by atoms with Crippen molar-refractivity contribution in [3.05, 3.63) is 59.3 Å². The lowest BCUT2D eigenvalue weighted by Gasteiger charge is -2.15. The third-order valence-corrected chi connectivity index (χ3v) is 6.48. The van der Waals surface area contributed by atoms with Gasteiger partial charge < -0.3 is 4.74 Å². The Labute approximate surface area is 170 Å². The Kier molecular flexibility index (Phi) is 5.45. The highest BCUT2D eigenvalue weighted by Gasteiger charge is 2.18. The summed E-state index contributed by atoms with van der Waals surface area (Å²) in [5, 5.41) is 10.2. The van der Waals surface area contributed by atoms with Gasteiger partial charge in [-0.15, -0.1) is 11.3 Å². The van der Waals surface area contributed by atoms with Gasteiger partial charge in [-0.05, 0) is 67.5 Å². The van der Waals surface area contributed by atoms with E-state index >= 15 is 0 Å². The van der Waals surface area contributed by atoms with Crippen LogP contribution < -0.4 is 4.74 Å². The van der Waals surface area contributed by atoms with Crippen LogP contribution in [0.2, 0.25) is 0 Å². The molecular formula is C24H24N2OS. The topological polar surface area (TPSA) is 45.9 Å². The van der Waals surface area contributed by atoms with E-state index in [0.717, 1.165) is 34.7 Å². The molecule has 2 aromatic carbocycles. The van der Waals surface area contributed by atoms with Gasteiger partial charge in [-0.25, -0.2) is 4.98 Å². The highest BCUT2D eigenvalue weighted by atomic mass is 32.1. The summed E-state index contributed by atoms with van der Waals surface area (Å²) in [5.41, 5.74) is 6.27. The van der Waals surface area contributed by atoms with Crippen molar-refractivity contribution in [3.63, 3.8) is 0 Å². The van der Waals surface area contributed by atoms with Gasteiger partial charge in [0.2, 0.25) is 0 Å². The van der Waals surface area contributed by atoms with E-state index in [0.29, 0.717) is 6.42 Å². The summed E-state index contributed by atoms with van der Waals surface area (Å²) >= 11 is 1.72. The lowest BCUT2D eigenvalue weighted by atomic mass is 10.0. The first-order valence-electron chi connectivity index (χ1n) is 9.93. The van der Waals surface area contributed by atoms with Crippen LogP contribution in [-0.4, -0.2) is 11.1 Å². The third kappa shape index (κ3) is 3.68. The molecule has 142 valence electrons. The molecule has 3 nitrogen and oxygen atoms in total. The van der Waals surface area contributed by atoms with E-state index in [1.165, 1.54) is 34.4 Å². The average molecular weight is 389 g/mol. The van der Waals surface area contributed by atoms with Crippen molar-refractivity contribution in [1.82, 2.24) is 4.98 Å². The molecule has 1 unspecified atom stereocenters. The van der Waals surface area contributed by atoms with E-state index in [9.17, 15) is 5.26 Å². The lowest BCUT2D eigenvalue weighted by Crippen LogP contribution is -2.11. The van der Waals surface area contributed by atoms with Crippen molar-refractivity contribution in [1.29, 1.82) is 5.26 Å². The van der Waals surface area contributed by atoms with Crippen molar-refractivity contribution in [2.45, 2.75) is 52.1 Å². The van der Waals surface area contributed by atoms with Gasteiger partial charge in [-0.1, -0.05) is 25.1 Å². The van der Waals surface area contributed by atoms with Gasteiger partial charge in [0.15, 0.2) is 0 Å². The Hall–Kier alpha value is -2.64. The molecule has 1 atom stereocenters. The first kappa shape index (κ1) is 18.7. The van der Waals surface area contributed by atoms with Crippen LogP contribution in [0.4, 0.5) is 0 Å². The molecule has 0 N–H and O–H groups in total. The van der Waals surface area contributed by atoms with Crippen LogP contribution in [0.25, 0.3) is 21.0 Å². The van der Waals surface area contributed by atoms with E-state index in [4.69, 9.17) is 9.72 Å². The summed E-state index contributed by atoms with van der Waals surface area (Å²) in [5.74, 6) is 0.803. The van der Waals surface area contributed by atoms with E-state index in [-0.39, 0.29) is 6.10 Å². The number of aromatic nitrogens is 1. The number of nitrogens with zero attached hydrogens (tertiary/aromatic N) is 2. The van der Waals surface area contributed by atoms with Gasteiger partial charge in [0.1, 0.15) is 10.8 Å². The second-order valence-electron chi connectivity index (χ2n) is 7.32. The Morgan fingerprint density at radius 2 is 2.14 bits per heavy atom. The number of hydrogen-bond donors (Lipinski definition) is 0. The third-order valence-electron chi connectivity index (χ3n) is 5.40. The molecule has 4 heteroatoms. The minimum absolute atomic E-state index is 0.134. The molecule has 0 amide bonds. The van der Waals surface area contributed by atoms with Crippen LogP contribution in [0.3, 0.4) is 0 Å². The van der Waals surface area contributed by atoms with Gasteiger partial charge in [-0.3, -0.25) is 0 Å². The van der Waals surface area contributed by atoms with Crippen LogP contribution in [0.15, 0.2) is 42.6 Å². The maximum absolute atomic E-state index is 9.22. The molecule has 1 aliphatic carbocycles. The van der Waals surface area contributed by atoms with Crippen LogP contribution >= 0.6 is 11.3 Å². The van der Waals surface area contributed by atoms with Crippen LogP contribution in [-0.2, 0) is 19.3 Å². The molecule has 3 aromatic rings. The molecule has 0 saturated heterocycles. The summed E-state index contributed by atoms with van der Waals surface area (Å²) in [7, 11) is 0. The van der Waals surface area contributed by atoms with Crippen LogP contribution in [0.1, 0.15) is 43.4 Å². The van der Waals surface area contributed by atoms with E-state index in [1.807, 2.05) is 12.3 Å². The van der Waals surface area contributed by atoms with Gasteiger partial charge in [0.05, 0.1) is 23.5 Å². The molecule has 0 spiro atoms. The zero-order chi connectivity index (χ0) is 19.5. The SMILES string of the molecule is CCC(C)Oc1ccc(-c2ncc(-c3cccc4c3CCC4)s2)cc1CC#N. The Balaban J connectivity index is 1.66. The van der Waals surface area contributed by atoms with Gasteiger partial charge >= 0.3 is 0 Å². The number of fused-ring (bicyclic) bond motifs is 1. The minimum atomic E-state index is 0.134. The van der Waals surface area contributed by atoms with E-state index < -0.39 is 0 Å². The number of benzene rings is 2. The van der Waals surface area contributed by atoms with Crippen LogP contribution in [0.5, 0.6) is 5.75 Å². The van der Waals surface area contributed by atoms with Crippen molar-refractivity contribution < 1.29 is 4.74 Å². The molecule has 0 bridgehead atoms. The number of ether oxygens (including phenoxy) is 1. The fourth-order valence-electron chi connectivity index (χ4n) is 3.73. The molecular weight excluding hydrogens is 364 g/mol.